The molecule has 2 heterocycles. The Balaban J connectivity index is 1.61. The monoisotopic (exact) mass is 268 g/mol. The Labute approximate surface area is 116 Å². The van der Waals surface area contributed by atoms with Crippen molar-refractivity contribution in [3.8, 4) is 0 Å². The van der Waals surface area contributed by atoms with E-state index in [1.165, 1.54) is 32.1 Å². The van der Waals surface area contributed by atoms with Crippen LogP contribution >= 0.6 is 0 Å². The lowest BCUT2D eigenvalue weighted by atomic mass is 9.74. The van der Waals surface area contributed by atoms with E-state index in [1.807, 2.05) is 0 Å². The first-order valence-corrected chi connectivity index (χ1v) is 8.16. The average molecular weight is 268 g/mol. The molecule has 0 aromatic heterocycles. The fourth-order valence-corrected chi connectivity index (χ4v) is 4.29. The molecular formula is C16H28O3. The molecule has 3 rings (SSSR count). The Bertz CT molecular complexity index is 293. The minimum atomic E-state index is -0.285. The molecule has 3 fully saturated rings. The van der Waals surface area contributed by atoms with E-state index in [0.717, 1.165) is 32.3 Å². The molecule has 3 aliphatic rings. The maximum Gasteiger partial charge on any atom is 0.0841 e. The predicted molar refractivity (Wildman–Crippen MR) is 74.1 cm³/mol. The van der Waals surface area contributed by atoms with Crippen LogP contribution in [0.3, 0.4) is 0 Å². The first kappa shape index (κ1) is 13.8. The number of hydrogen-bond donors (Lipinski definition) is 1. The van der Waals surface area contributed by atoms with E-state index in [0.29, 0.717) is 12.0 Å². The van der Waals surface area contributed by atoms with E-state index in [4.69, 9.17) is 9.47 Å². The third-order valence-electron chi connectivity index (χ3n) is 5.42. The predicted octanol–water partition coefficient (Wildman–Crippen LogP) is 3.04. The molecular weight excluding hydrogens is 240 g/mol. The summed E-state index contributed by atoms with van der Waals surface area (Å²) in [4.78, 5) is 0. The summed E-state index contributed by atoms with van der Waals surface area (Å²) in [5.41, 5.74) is 0.0896. The van der Waals surface area contributed by atoms with E-state index in [2.05, 4.69) is 6.92 Å². The molecule has 1 spiro atoms. The highest BCUT2D eigenvalue weighted by molar-refractivity contribution is 4.93. The lowest BCUT2D eigenvalue weighted by molar-refractivity contribution is -0.149. The molecule has 0 aromatic carbocycles. The van der Waals surface area contributed by atoms with Crippen LogP contribution in [0.15, 0.2) is 0 Å². The summed E-state index contributed by atoms with van der Waals surface area (Å²) in [6.07, 6.45) is 10.6. The largest absolute Gasteiger partial charge is 0.390 e. The molecule has 1 aliphatic carbocycles. The zero-order valence-corrected chi connectivity index (χ0v) is 12.1. The second kappa shape index (κ2) is 5.71. The van der Waals surface area contributed by atoms with Crippen LogP contribution in [-0.4, -0.2) is 35.6 Å². The Hall–Kier alpha value is -0.120. The number of hydrogen-bond acceptors (Lipinski definition) is 3. The van der Waals surface area contributed by atoms with E-state index in [1.54, 1.807) is 0 Å². The van der Waals surface area contributed by atoms with Crippen molar-refractivity contribution >= 4 is 0 Å². The van der Waals surface area contributed by atoms with Crippen LogP contribution in [0, 0.1) is 5.92 Å². The van der Waals surface area contributed by atoms with E-state index in [9.17, 15) is 5.11 Å². The zero-order valence-electron chi connectivity index (χ0n) is 12.1. The van der Waals surface area contributed by atoms with Gasteiger partial charge in [0.05, 0.1) is 23.9 Å². The van der Waals surface area contributed by atoms with Gasteiger partial charge in [-0.25, -0.2) is 0 Å². The minimum Gasteiger partial charge on any atom is -0.390 e. The van der Waals surface area contributed by atoms with Crippen LogP contribution in [0.2, 0.25) is 0 Å². The summed E-state index contributed by atoms with van der Waals surface area (Å²) < 4.78 is 12.0. The fourth-order valence-electron chi connectivity index (χ4n) is 4.29. The minimum absolute atomic E-state index is 0.0683. The van der Waals surface area contributed by atoms with Gasteiger partial charge in [0, 0.05) is 6.61 Å². The highest BCUT2D eigenvalue weighted by Crippen LogP contribution is 2.42. The molecule has 1 saturated carbocycles. The molecule has 4 atom stereocenters. The highest BCUT2D eigenvalue weighted by atomic mass is 16.5. The Morgan fingerprint density at radius 1 is 1.11 bits per heavy atom. The van der Waals surface area contributed by atoms with Crippen molar-refractivity contribution in [2.45, 2.75) is 88.6 Å². The molecule has 3 nitrogen and oxygen atoms in total. The van der Waals surface area contributed by atoms with Crippen LogP contribution in [0.5, 0.6) is 0 Å². The van der Waals surface area contributed by atoms with Crippen LogP contribution in [-0.2, 0) is 9.47 Å². The van der Waals surface area contributed by atoms with E-state index in [-0.39, 0.29) is 17.8 Å². The van der Waals surface area contributed by atoms with Crippen molar-refractivity contribution < 1.29 is 14.6 Å². The summed E-state index contributed by atoms with van der Waals surface area (Å²) in [5, 5.41) is 10.6. The summed E-state index contributed by atoms with van der Waals surface area (Å²) in [5.74, 6) is 0.377. The van der Waals surface area contributed by atoms with Crippen molar-refractivity contribution in [1.82, 2.24) is 0 Å². The van der Waals surface area contributed by atoms with Crippen LogP contribution < -0.4 is 0 Å². The van der Waals surface area contributed by atoms with Crippen molar-refractivity contribution in [2.24, 2.45) is 5.92 Å². The van der Waals surface area contributed by atoms with Crippen molar-refractivity contribution in [1.29, 1.82) is 0 Å². The van der Waals surface area contributed by atoms with Gasteiger partial charge in [-0.05, 0) is 51.4 Å². The van der Waals surface area contributed by atoms with Gasteiger partial charge in [0.1, 0.15) is 0 Å². The second-order valence-electron chi connectivity index (χ2n) is 6.90. The topological polar surface area (TPSA) is 38.7 Å². The number of rotatable bonds is 2. The normalized spacial score (nSPS) is 40.4. The third kappa shape index (κ3) is 2.98. The van der Waals surface area contributed by atoms with Crippen molar-refractivity contribution in [2.75, 3.05) is 6.61 Å². The summed E-state index contributed by atoms with van der Waals surface area (Å²) >= 11 is 0. The molecule has 2 saturated heterocycles. The number of aliphatic hydroxyl groups is 1. The lowest BCUT2D eigenvalue weighted by Gasteiger charge is -2.45. The molecule has 0 bridgehead atoms. The maximum atomic E-state index is 10.6. The third-order valence-corrected chi connectivity index (χ3v) is 5.42. The van der Waals surface area contributed by atoms with Gasteiger partial charge >= 0.3 is 0 Å². The molecule has 0 amide bonds. The van der Waals surface area contributed by atoms with Gasteiger partial charge in [0.25, 0.3) is 0 Å². The Kier molecular flexibility index (Phi) is 4.16. The molecule has 4 unspecified atom stereocenters. The first-order valence-electron chi connectivity index (χ1n) is 8.16. The number of ether oxygens (including phenoxy) is 2. The molecule has 0 aromatic rings. The molecule has 1 N–H and O–H groups in total. The van der Waals surface area contributed by atoms with Crippen LogP contribution in [0.25, 0.3) is 0 Å². The van der Waals surface area contributed by atoms with E-state index < -0.39 is 0 Å². The average Bonchev–Trinajstić information content (AvgIpc) is 2.85. The highest BCUT2D eigenvalue weighted by Gasteiger charge is 2.43. The van der Waals surface area contributed by atoms with Gasteiger partial charge in [-0.15, -0.1) is 0 Å². The quantitative estimate of drug-likeness (QED) is 0.836. The van der Waals surface area contributed by atoms with Gasteiger partial charge in [-0.3, -0.25) is 0 Å². The molecule has 2 aliphatic heterocycles. The summed E-state index contributed by atoms with van der Waals surface area (Å²) in [6, 6.07) is 0. The molecule has 3 heteroatoms. The van der Waals surface area contributed by atoms with Crippen LogP contribution in [0.4, 0.5) is 0 Å². The van der Waals surface area contributed by atoms with Crippen molar-refractivity contribution in [3.05, 3.63) is 0 Å². The van der Waals surface area contributed by atoms with Gasteiger partial charge in [-0.2, -0.15) is 0 Å². The maximum absolute atomic E-state index is 10.6. The SMILES string of the molecule is CC1CCC(C(O)C2CCOC3(CCCCC3)C2)O1. The zero-order chi connectivity index (χ0) is 13.3. The summed E-state index contributed by atoms with van der Waals surface area (Å²) in [6.45, 7) is 2.93. The standard InChI is InChI=1S/C16H28O3/c1-12-5-6-14(19-12)15(17)13-7-10-18-16(11-13)8-3-2-4-9-16/h12-15,17H,2-11H2,1H3. The first-order chi connectivity index (χ1) is 9.19. The Morgan fingerprint density at radius 2 is 1.89 bits per heavy atom. The van der Waals surface area contributed by atoms with Gasteiger partial charge in [-0.1, -0.05) is 19.3 Å². The lowest BCUT2D eigenvalue weighted by Crippen LogP contribution is -2.46. The van der Waals surface area contributed by atoms with E-state index >= 15 is 0 Å². The Morgan fingerprint density at radius 3 is 2.58 bits per heavy atom. The van der Waals surface area contributed by atoms with Gasteiger partial charge in [0.15, 0.2) is 0 Å². The second-order valence-corrected chi connectivity index (χ2v) is 6.90. The van der Waals surface area contributed by atoms with Crippen molar-refractivity contribution in [3.63, 3.8) is 0 Å². The number of aliphatic hydroxyl groups excluding tert-OH is 1. The molecule has 0 radical (unpaired) electrons. The molecule has 110 valence electrons. The molecule has 19 heavy (non-hydrogen) atoms. The van der Waals surface area contributed by atoms with Gasteiger partial charge < -0.3 is 14.6 Å². The van der Waals surface area contributed by atoms with Gasteiger partial charge in [0.2, 0.25) is 0 Å². The summed E-state index contributed by atoms with van der Waals surface area (Å²) in [7, 11) is 0. The van der Waals surface area contributed by atoms with Crippen LogP contribution in [0.1, 0.15) is 64.7 Å². The smallest absolute Gasteiger partial charge is 0.0841 e. The fraction of sp³-hybridized carbons (Fsp3) is 1.00.